The van der Waals surface area contributed by atoms with E-state index < -0.39 is 0 Å². The van der Waals surface area contributed by atoms with Crippen LogP contribution in [-0.4, -0.2) is 83.7 Å². The molecule has 0 spiro atoms. The van der Waals surface area contributed by atoms with Crippen molar-refractivity contribution >= 4 is 131 Å². The first-order valence-electron chi connectivity index (χ1n) is 8.66. The zero-order valence-electron chi connectivity index (χ0n) is 15.7. The summed E-state index contributed by atoms with van der Waals surface area (Å²) in [6.45, 7) is 0. The fraction of sp³-hybridized carbons (Fsp3) is 0.444. The van der Waals surface area contributed by atoms with E-state index in [9.17, 15) is 0 Å². The van der Waals surface area contributed by atoms with E-state index >= 15 is 0 Å². The molecule has 0 saturated heterocycles. The third-order valence-electron chi connectivity index (χ3n) is 3.03. The van der Waals surface area contributed by atoms with E-state index in [4.69, 9.17) is 21.0 Å². The molecule has 0 aromatic rings. The molecule has 0 unspecified atom stereocenters. The van der Waals surface area contributed by atoms with Gasteiger partial charge in [-0.25, -0.2) is 0 Å². The SMILES string of the molecule is N#CCC[Te]C1=C([Te]CCC#N)SC(=C2SC([Te]CCC#N)=C([Te]CCC#N)S2)S1. The Bertz CT molecular complexity index is 750. The van der Waals surface area contributed by atoms with Crippen LogP contribution in [0.25, 0.3) is 0 Å². The third-order valence-corrected chi connectivity index (χ3v) is 28.0. The van der Waals surface area contributed by atoms with Crippen molar-refractivity contribution in [2.75, 3.05) is 0 Å². The molecule has 0 atom stereocenters. The molecule has 2 rings (SSSR count). The van der Waals surface area contributed by atoms with Crippen LogP contribution < -0.4 is 0 Å². The maximum atomic E-state index is 8.90. The number of rotatable bonds is 12. The average Bonchev–Trinajstić information content (AvgIpc) is 3.33. The van der Waals surface area contributed by atoms with Crippen LogP contribution in [0.3, 0.4) is 0 Å². The fourth-order valence-corrected chi connectivity index (χ4v) is 28.5. The molecule has 4 nitrogen and oxygen atoms in total. The molecule has 0 aliphatic carbocycles. The molecule has 2 aliphatic heterocycles. The van der Waals surface area contributed by atoms with E-state index in [0.717, 1.165) is 17.9 Å². The fourth-order valence-electron chi connectivity index (χ4n) is 1.82. The normalized spacial score (nSPS) is 15.9. The van der Waals surface area contributed by atoms with Crippen molar-refractivity contribution < 1.29 is 0 Å². The van der Waals surface area contributed by atoms with Gasteiger partial charge in [-0.1, -0.05) is 0 Å². The molecule has 2 heterocycles. The van der Waals surface area contributed by atoms with Gasteiger partial charge in [0.05, 0.1) is 0 Å². The van der Waals surface area contributed by atoms with Gasteiger partial charge < -0.3 is 0 Å². The molecule has 0 saturated carbocycles. The Morgan fingerprint density at radius 1 is 0.467 bits per heavy atom. The molecule has 0 amide bonds. The Labute approximate surface area is 236 Å². The van der Waals surface area contributed by atoms with Crippen LogP contribution in [0.15, 0.2) is 20.3 Å². The van der Waals surface area contributed by atoms with Crippen LogP contribution >= 0.6 is 47.0 Å². The van der Waals surface area contributed by atoms with E-state index in [1.54, 1.807) is 11.8 Å². The monoisotopic (exact) mass is 936 g/mol. The summed E-state index contributed by atoms with van der Waals surface area (Å²) < 4.78 is 13.3. The van der Waals surface area contributed by atoms with Gasteiger partial charge in [0.15, 0.2) is 0 Å². The summed E-state index contributed by atoms with van der Waals surface area (Å²) in [4.78, 5) is 0. The molecule has 0 fully saturated rings. The van der Waals surface area contributed by atoms with Crippen molar-refractivity contribution in [3.05, 3.63) is 20.3 Å². The minimum atomic E-state index is -0.308. The van der Waals surface area contributed by atoms with Crippen molar-refractivity contribution in [3.8, 4) is 24.3 Å². The first-order chi connectivity index (χ1) is 14.7. The van der Waals surface area contributed by atoms with Crippen LogP contribution in [0.1, 0.15) is 25.7 Å². The Balaban J connectivity index is 2.09. The molecule has 0 bridgehead atoms. The first-order valence-corrected chi connectivity index (χ1v) is 23.2. The summed E-state index contributed by atoms with van der Waals surface area (Å²) in [5, 5.41) is 35.6. The summed E-state index contributed by atoms with van der Waals surface area (Å²) in [5.41, 5.74) is 0. The van der Waals surface area contributed by atoms with Crippen LogP contribution in [0.2, 0.25) is 17.9 Å². The van der Waals surface area contributed by atoms with E-state index in [1.165, 1.54) is 8.47 Å². The molecular weight excluding hydrogens is 911 g/mol. The molecule has 0 N–H and O–H groups in total. The van der Waals surface area contributed by atoms with Crippen molar-refractivity contribution in [3.63, 3.8) is 0 Å². The summed E-state index contributed by atoms with van der Waals surface area (Å²) in [5.74, 6) is 0. The van der Waals surface area contributed by atoms with Gasteiger partial charge in [-0.2, -0.15) is 0 Å². The van der Waals surface area contributed by atoms with Crippen molar-refractivity contribution in [2.45, 2.75) is 43.6 Å². The predicted molar refractivity (Wildman–Crippen MR) is 135 cm³/mol. The number of nitrogens with zero attached hydrogens (tertiary/aromatic N) is 4. The van der Waals surface area contributed by atoms with Crippen LogP contribution in [0, 0.1) is 45.3 Å². The van der Waals surface area contributed by atoms with Gasteiger partial charge >= 0.3 is 240 Å². The van der Waals surface area contributed by atoms with Crippen molar-refractivity contribution in [1.82, 2.24) is 0 Å². The van der Waals surface area contributed by atoms with E-state index in [2.05, 4.69) is 24.3 Å². The second-order valence-electron chi connectivity index (χ2n) is 5.16. The minimum absolute atomic E-state index is 0.308. The summed E-state index contributed by atoms with van der Waals surface area (Å²) in [7, 11) is 0. The number of hydrogen-bond donors (Lipinski definition) is 0. The molecule has 0 aromatic carbocycles. The molecule has 0 radical (unpaired) electrons. The van der Waals surface area contributed by atoms with Gasteiger partial charge in [0.1, 0.15) is 0 Å². The van der Waals surface area contributed by atoms with Gasteiger partial charge in [-0.15, -0.1) is 0 Å². The van der Waals surface area contributed by atoms with E-state index in [-0.39, 0.29) is 83.7 Å². The van der Waals surface area contributed by atoms with Gasteiger partial charge in [0.2, 0.25) is 0 Å². The zero-order valence-corrected chi connectivity index (χ0v) is 28.3. The zero-order chi connectivity index (χ0) is 21.6. The average molecular weight is 927 g/mol. The van der Waals surface area contributed by atoms with Gasteiger partial charge in [-0.05, 0) is 0 Å². The van der Waals surface area contributed by atoms with Crippen LogP contribution in [0.5, 0.6) is 0 Å². The van der Waals surface area contributed by atoms with Gasteiger partial charge in [0, 0.05) is 0 Å². The molecule has 12 heteroatoms. The van der Waals surface area contributed by atoms with Crippen molar-refractivity contribution in [2.24, 2.45) is 0 Å². The Morgan fingerprint density at radius 3 is 0.900 bits per heavy atom. The number of hydrogen-bond acceptors (Lipinski definition) is 8. The molecule has 30 heavy (non-hydrogen) atoms. The van der Waals surface area contributed by atoms with Gasteiger partial charge in [-0.3, -0.25) is 0 Å². The Hall–Kier alpha value is 1.74. The maximum absolute atomic E-state index is 8.90. The summed E-state index contributed by atoms with van der Waals surface area (Å²) in [6.07, 6.45) is 2.62. The second kappa shape index (κ2) is 17.2. The quantitative estimate of drug-likeness (QED) is 0.188. The second-order valence-corrected chi connectivity index (χ2v) is 25.6. The molecular formula is C18H16N4S4Te4. The Morgan fingerprint density at radius 2 is 0.700 bits per heavy atom. The van der Waals surface area contributed by atoms with Crippen LogP contribution in [-0.2, 0) is 0 Å². The summed E-state index contributed by atoms with van der Waals surface area (Å²) >= 11 is 6.61. The summed E-state index contributed by atoms with van der Waals surface area (Å²) in [6, 6.07) is 9.13. The Kier molecular flexibility index (Phi) is 16.1. The predicted octanol–water partition coefficient (Wildman–Crippen LogP) is 5.47. The van der Waals surface area contributed by atoms with Crippen molar-refractivity contribution in [1.29, 1.82) is 21.0 Å². The number of thioether (sulfide) groups is 4. The van der Waals surface area contributed by atoms with Gasteiger partial charge in [0.25, 0.3) is 0 Å². The van der Waals surface area contributed by atoms with Crippen LogP contribution in [0.4, 0.5) is 0 Å². The van der Waals surface area contributed by atoms with E-state index in [0.29, 0.717) is 25.7 Å². The molecule has 0 aromatic heterocycles. The molecule has 156 valence electrons. The first kappa shape index (κ1) is 28.0. The topological polar surface area (TPSA) is 95.2 Å². The molecule has 2 aliphatic rings. The number of nitriles is 4. The third kappa shape index (κ3) is 9.93. The van der Waals surface area contributed by atoms with E-state index in [1.807, 2.05) is 47.0 Å². The standard InChI is InChI=1S/C18H16N4S4Te4/c19-5-1-9-27-15-16(28-10-2-6-20)24-13(23-15)14-25-17(29-11-3-7-21)18(26-14)30-12-4-8-22/h1-4,9-12H2.